The third kappa shape index (κ3) is 4.43. The van der Waals surface area contributed by atoms with Crippen LogP contribution in [0.2, 0.25) is 0 Å². The first-order valence-corrected chi connectivity index (χ1v) is 5.05. The van der Waals surface area contributed by atoms with Gasteiger partial charge in [0.25, 0.3) is 11.8 Å². The number of nitrogens with zero attached hydrogens (tertiary/aromatic N) is 1. The van der Waals surface area contributed by atoms with E-state index in [1.165, 1.54) is 0 Å². The number of aromatic nitrogens is 1. The number of hydrogen-bond acceptors (Lipinski definition) is 3. The first-order chi connectivity index (χ1) is 8.65. The fraction of sp³-hybridized carbons (Fsp3) is 0.400. The lowest BCUT2D eigenvalue weighted by Crippen LogP contribution is -2.41. The molecular formula is C10H10F5N3O. The maximum Gasteiger partial charge on any atom is 0.433 e. The zero-order valence-electron chi connectivity index (χ0n) is 9.47. The van der Waals surface area contributed by atoms with Crippen LogP contribution >= 0.6 is 0 Å². The van der Waals surface area contributed by atoms with Gasteiger partial charge in [-0.3, -0.25) is 9.78 Å². The molecule has 0 aliphatic rings. The van der Waals surface area contributed by atoms with Crippen LogP contribution < -0.4 is 11.1 Å². The Balaban J connectivity index is 2.69. The Kier molecular flexibility index (Phi) is 4.40. The van der Waals surface area contributed by atoms with Crippen molar-refractivity contribution < 1.29 is 26.7 Å². The smallest absolute Gasteiger partial charge is 0.346 e. The molecular weight excluding hydrogens is 273 g/mol. The van der Waals surface area contributed by atoms with Gasteiger partial charge in [0.15, 0.2) is 0 Å². The Morgan fingerprint density at radius 2 is 1.89 bits per heavy atom. The number of alkyl halides is 5. The lowest BCUT2D eigenvalue weighted by Gasteiger charge is -2.14. The fourth-order valence-electron chi connectivity index (χ4n) is 1.08. The number of pyridine rings is 1. The van der Waals surface area contributed by atoms with Crippen molar-refractivity contribution in [3.63, 3.8) is 0 Å². The van der Waals surface area contributed by atoms with Crippen molar-refractivity contribution in [3.8, 4) is 0 Å². The van der Waals surface area contributed by atoms with Crippen LogP contribution in [0.4, 0.5) is 22.0 Å². The molecule has 1 aromatic rings. The fourth-order valence-corrected chi connectivity index (χ4v) is 1.08. The molecule has 1 aromatic heterocycles. The highest BCUT2D eigenvalue weighted by Crippen LogP contribution is 2.27. The van der Waals surface area contributed by atoms with E-state index in [0.717, 1.165) is 6.07 Å². The SMILES string of the molecule is NCC(F)(F)CNC(=O)c1ccc(C(F)(F)F)nc1. The third-order valence-electron chi connectivity index (χ3n) is 2.12. The number of hydrogen-bond donors (Lipinski definition) is 2. The Hall–Kier alpha value is -1.77. The predicted molar refractivity (Wildman–Crippen MR) is 55.6 cm³/mol. The Morgan fingerprint density at radius 3 is 2.32 bits per heavy atom. The maximum absolute atomic E-state index is 12.7. The molecule has 1 heterocycles. The number of amides is 1. The molecule has 0 spiro atoms. The maximum atomic E-state index is 12.7. The van der Waals surface area contributed by atoms with E-state index < -0.39 is 36.8 Å². The van der Waals surface area contributed by atoms with E-state index >= 15 is 0 Å². The van der Waals surface area contributed by atoms with Gasteiger partial charge >= 0.3 is 6.18 Å². The summed E-state index contributed by atoms with van der Waals surface area (Å²) in [5.74, 6) is -4.22. The molecule has 0 saturated heterocycles. The van der Waals surface area contributed by atoms with Crippen molar-refractivity contribution >= 4 is 5.91 Å². The van der Waals surface area contributed by atoms with Crippen LogP contribution in [0.15, 0.2) is 18.3 Å². The molecule has 3 N–H and O–H groups in total. The van der Waals surface area contributed by atoms with Crippen molar-refractivity contribution in [2.45, 2.75) is 12.1 Å². The van der Waals surface area contributed by atoms with Gasteiger partial charge in [0.2, 0.25) is 0 Å². The minimum atomic E-state index is -4.62. The molecule has 0 unspecified atom stereocenters. The highest BCUT2D eigenvalue weighted by molar-refractivity contribution is 5.93. The van der Waals surface area contributed by atoms with Gasteiger partial charge in [0, 0.05) is 6.20 Å². The number of carbonyl (C=O) groups is 1. The zero-order valence-corrected chi connectivity index (χ0v) is 9.47. The quantitative estimate of drug-likeness (QED) is 0.821. The molecule has 1 amide bonds. The van der Waals surface area contributed by atoms with Gasteiger partial charge in [-0.1, -0.05) is 0 Å². The van der Waals surface area contributed by atoms with Crippen molar-refractivity contribution in [1.82, 2.24) is 10.3 Å². The molecule has 0 aromatic carbocycles. The van der Waals surface area contributed by atoms with Crippen molar-refractivity contribution in [2.24, 2.45) is 5.73 Å². The Bertz CT molecular complexity index is 443. The van der Waals surface area contributed by atoms with E-state index in [1.54, 1.807) is 0 Å². The molecule has 0 atom stereocenters. The van der Waals surface area contributed by atoms with Gasteiger partial charge in [-0.05, 0) is 12.1 Å². The van der Waals surface area contributed by atoms with Crippen LogP contribution in [0.3, 0.4) is 0 Å². The summed E-state index contributed by atoms with van der Waals surface area (Å²) in [5.41, 5.74) is 3.34. The van der Waals surface area contributed by atoms with E-state index in [9.17, 15) is 26.7 Å². The van der Waals surface area contributed by atoms with Gasteiger partial charge in [-0.15, -0.1) is 0 Å². The van der Waals surface area contributed by atoms with Gasteiger partial charge in [-0.2, -0.15) is 13.2 Å². The van der Waals surface area contributed by atoms with E-state index in [4.69, 9.17) is 5.73 Å². The number of nitrogens with one attached hydrogen (secondary N) is 1. The van der Waals surface area contributed by atoms with Crippen molar-refractivity contribution in [3.05, 3.63) is 29.6 Å². The van der Waals surface area contributed by atoms with E-state index in [0.29, 0.717) is 12.3 Å². The molecule has 0 bridgehead atoms. The van der Waals surface area contributed by atoms with Gasteiger partial charge < -0.3 is 11.1 Å². The summed E-state index contributed by atoms with van der Waals surface area (Å²) in [7, 11) is 0. The average Bonchev–Trinajstić information content (AvgIpc) is 2.35. The summed E-state index contributed by atoms with van der Waals surface area (Å²) in [4.78, 5) is 14.4. The largest absolute Gasteiger partial charge is 0.433 e. The summed E-state index contributed by atoms with van der Waals surface area (Å²) in [6.07, 6.45) is -3.96. The molecule has 0 saturated carbocycles. The zero-order chi connectivity index (χ0) is 14.7. The predicted octanol–water partition coefficient (Wildman–Crippen LogP) is 1.42. The Labute approximate surface area is 104 Å². The van der Waals surface area contributed by atoms with E-state index in [2.05, 4.69) is 4.98 Å². The van der Waals surface area contributed by atoms with Crippen molar-refractivity contribution in [2.75, 3.05) is 13.1 Å². The molecule has 0 aliphatic carbocycles. The minimum Gasteiger partial charge on any atom is -0.346 e. The standard InChI is InChI=1S/C10H10F5N3O/c11-9(12,4-16)5-18-8(19)6-1-2-7(17-3-6)10(13,14)15/h1-3H,4-5,16H2,(H,18,19). The van der Waals surface area contributed by atoms with Crippen LogP contribution in [0.1, 0.15) is 16.1 Å². The molecule has 0 fully saturated rings. The second kappa shape index (κ2) is 5.47. The highest BCUT2D eigenvalue weighted by atomic mass is 19.4. The van der Waals surface area contributed by atoms with Crippen LogP contribution in [-0.2, 0) is 6.18 Å². The molecule has 9 heteroatoms. The summed E-state index contributed by atoms with van der Waals surface area (Å²) in [5, 5.41) is 1.86. The van der Waals surface area contributed by atoms with Crippen LogP contribution in [-0.4, -0.2) is 29.9 Å². The molecule has 0 aliphatic heterocycles. The van der Waals surface area contributed by atoms with Gasteiger partial charge in [0.1, 0.15) is 5.69 Å². The minimum absolute atomic E-state index is 0.249. The topological polar surface area (TPSA) is 68.0 Å². The highest BCUT2D eigenvalue weighted by Gasteiger charge is 2.32. The number of rotatable bonds is 4. The third-order valence-corrected chi connectivity index (χ3v) is 2.12. The molecule has 4 nitrogen and oxygen atoms in total. The Morgan fingerprint density at radius 1 is 1.26 bits per heavy atom. The summed E-state index contributed by atoms with van der Waals surface area (Å²) in [6, 6.07) is 1.45. The van der Waals surface area contributed by atoms with E-state index in [1.807, 2.05) is 5.32 Å². The molecule has 1 rings (SSSR count). The summed E-state index contributed by atoms with van der Waals surface area (Å²) in [6.45, 7) is -1.94. The monoisotopic (exact) mass is 283 g/mol. The molecule has 0 radical (unpaired) electrons. The molecule has 19 heavy (non-hydrogen) atoms. The second-order valence-corrected chi connectivity index (χ2v) is 3.67. The van der Waals surface area contributed by atoms with Gasteiger partial charge in [0.05, 0.1) is 18.7 Å². The van der Waals surface area contributed by atoms with Crippen LogP contribution in [0.5, 0.6) is 0 Å². The first kappa shape index (κ1) is 15.3. The lowest BCUT2D eigenvalue weighted by atomic mass is 10.2. The number of carbonyl (C=O) groups excluding carboxylic acids is 1. The summed E-state index contributed by atoms with van der Waals surface area (Å²) >= 11 is 0. The van der Waals surface area contributed by atoms with Crippen molar-refractivity contribution in [1.29, 1.82) is 0 Å². The number of nitrogens with two attached hydrogens (primary N) is 1. The van der Waals surface area contributed by atoms with Crippen LogP contribution in [0.25, 0.3) is 0 Å². The van der Waals surface area contributed by atoms with Gasteiger partial charge in [-0.25, -0.2) is 8.78 Å². The normalized spacial score (nSPS) is 12.3. The average molecular weight is 283 g/mol. The second-order valence-electron chi connectivity index (χ2n) is 3.67. The van der Waals surface area contributed by atoms with E-state index in [-0.39, 0.29) is 5.56 Å². The van der Waals surface area contributed by atoms with Crippen LogP contribution in [0, 0.1) is 0 Å². The molecule has 106 valence electrons. The lowest BCUT2D eigenvalue weighted by molar-refractivity contribution is -0.141. The first-order valence-electron chi connectivity index (χ1n) is 5.05. The number of halogens is 5. The summed E-state index contributed by atoms with van der Waals surface area (Å²) < 4.78 is 62.1.